The Bertz CT molecular complexity index is 925. The Hall–Kier alpha value is -2.82. The molecule has 0 bridgehead atoms. The van der Waals surface area contributed by atoms with Gasteiger partial charge >= 0.3 is 0 Å². The zero-order valence-electron chi connectivity index (χ0n) is 18.5. The summed E-state index contributed by atoms with van der Waals surface area (Å²) in [6.45, 7) is 4.22. The topological polar surface area (TPSA) is 49.9 Å². The lowest BCUT2D eigenvalue weighted by molar-refractivity contribution is -0.148. The molecule has 31 heavy (non-hydrogen) atoms. The molecule has 2 unspecified atom stereocenters. The second-order valence-electron chi connectivity index (χ2n) is 8.58. The molecule has 0 saturated carbocycles. The van der Waals surface area contributed by atoms with Crippen molar-refractivity contribution in [3.63, 3.8) is 0 Å². The highest BCUT2D eigenvalue weighted by Crippen LogP contribution is 2.39. The van der Waals surface area contributed by atoms with E-state index in [0.717, 1.165) is 37.1 Å². The monoisotopic (exact) mass is 420 g/mol. The maximum atomic E-state index is 13.8. The van der Waals surface area contributed by atoms with Gasteiger partial charge in [-0.15, -0.1) is 0 Å². The number of carbonyl (C=O) groups is 2. The number of carbonyl (C=O) groups excluding carboxylic acids is 2. The van der Waals surface area contributed by atoms with Gasteiger partial charge in [0.2, 0.25) is 11.8 Å². The summed E-state index contributed by atoms with van der Waals surface area (Å²) in [5.74, 6) is 0.890. The average Bonchev–Trinajstić information content (AvgIpc) is 2.82. The lowest BCUT2D eigenvalue weighted by atomic mass is 9.82. The van der Waals surface area contributed by atoms with Gasteiger partial charge in [0, 0.05) is 26.1 Å². The Kier molecular flexibility index (Phi) is 6.59. The molecular formula is C26H32N2O3. The van der Waals surface area contributed by atoms with Crippen molar-refractivity contribution in [1.82, 2.24) is 9.80 Å². The standard InChI is InChI=1S/C26H32N2O3/c1-3-4-16-28-24(29)14-13-23(25(28)20-9-11-22(31-2)12-10-20)26(30)27-17-15-19-7-5-6-8-21(19)18-27/h5-12,23,25H,3-4,13-18H2,1-2H3. The summed E-state index contributed by atoms with van der Waals surface area (Å²) in [6.07, 6.45) is 3.89. The largest absolute Gasteiger partial charge is 0.497 e. The van der Waals surface area contributed by atoms with Gasteiger partial charge < -0.3 is 14.5 Å². The number of nitrogens with zero attached hydrogens (tertiary/aromatic N) is 2. The Balaban J connectivity index is 1.63. The molecule has 1 fully saturated rings. The van der Waals surface area contributed by atoms with E-state index in [1.165, 1.54) is 11.1 Å². The van der Waals surface area contributed by atoms with Gasteiger partial charge in [-0.3, -0.25) is 9.59 Å². The smallest absolute Gasteiger partial charge is 0.228 e. The number of ether oxygens (including phenoxy) is 1. The summed E-state index contributed by atoms with van der Waals surface area (Å²) in [7, 11) is 1.65. The Labute approximate surface area is 185 Å². The van der Waals surface area contributed by atoms with Crippen LogP contribution in [0.25, 0.3) is 0 Å². The molecule has 2 atom stereocenters. The third-order valence-corrected chi connectivity index (χ3v) is 6.68. The number of likely N-dealkylation sites (tertiary alicyclic amines) is 1. The van der Waals surface area contributed by atoms with Crippen LogP contribution >= 0.6 is 0 Å². The van der Waals surface area contributed by atoms with Crippen LogP contribution in [0, 0.1) is 5.92 Å². The molecule has 2 amide bonds. The van der Waals surface area contributed by atoms with Gasteiger partial charge in [0.1, 0.15) is 5.75 Å². The van der Waals surface area contributed by atoms with Crippen molar-refractivity contribution in [3.8, 4) is 5.75 Å². The molecule has 2 heterocycles. The van der Waals surface area contributed by atoms with E-state index >= 15 is 0 Å². The third-order valence-electron chi connectivity index (χ3n) is 6.68. The first-order valence-corrected chi connectivity index (χ1v) is 11.4. The Morgan fingerprint density at radius 1 is 1.06 bits per heavy atom. The summed E-state index contributed by atoms with van der Waals surface area (Å²) in [4.78, 5) is 30.6. The molecule has 5 nitrogen and oxygen atoms in total. The van der Waals surface area contributed by atoms with Crippen molar-refractivity contribution in [2.24, 2.45) is 5.92 Å². The zero-order chi connectivity index (χ0) is 21.8. The van der Waals surface area contributed by atoms with Crippen molar-refractivity contribution < 1.29 is 14.3 Å². The highest BCUT2D eigenvalue weighted by Gasteiger charge is 2.42. The number of unbranched alkanes of at least 4 members (excludes halogenated alkanes) is 1. The van der Waals surface area contributed by atoms with Crippen molar-refractivity contribution in [2.75, 3.05) is 20.2 Å². The number of benzene rings is 2. The molecule has 0 aliphatic carbocycles. The number of fused-ring (bicyclic) bond motifs is 1. The lowest BCUT2D eigenvalue weighted by Gasteiger charge is -2.43. The fourth-order valence-electron chi connectivity index (χ4n) is 4.94. The summed E-state index contributed by atoms with van der Waals surface area (Å²) in [6, 6.07) is 16.0. The van der Waals surface area contributed by atoms with Crippen LogP contribution in [0.4, 0.5) is 0 Å². The van der Waals surface area contributed by atoms with Crippen molar-refractivity contribution in [3.05, 3.63) is 65.2 Å². The molecule has 0 radical (unpaired) electrons. The number of hydrogen-bond acceptors (Lipinski definition) is 3. The van der Waals surface area contributed by atoms with Gasteiger partial charge in [-0.05, 0) is 48.1 Å². The Morgan fingerprint density at radius 3 is 2.52 bits per heavy atom. The second-order valence-corrected chi connectivity index (χ2v) is 8.58. The molecular weight excluding hydrogens is 388 g/mol. The number of amides is 2. The first-order valence-electron chi connectivity index (χ1n) is 11.4. The second kappa shape index (κ2) is 9.54. The van der Waals surface area contributed by atoms with Gasteiger partial charge in [-0.2, -0.15) is 0 Å². The first-order chi connectivity index (χ1) is 15.1. The number of methoxy groups -OCH3 is 1. The molecule has 2 aliphatic heterocycles. The van der Waals surface area contributed by atoms with E-state index in [2.05, 4.69) is 25.1 Å². The fourth-order valence-corrected chi connectivity index (χ4v) is 4.94. The van der Waals surface area contributed by atoms with Crippen LogP contribution < -0.4 is 4.74 Å². The molecule has 2 aromatic carbocycles. The summed E-state index contributed by atoms with van der Waals surface area (Å²) >= 11 is 0. The zero-order valence-corrected chi connectivity index (χ0v) is 18.5. The Morgan fingerprint density at radius 2 is 1.81 bits per heavy atom. The van der Waals surface area contributed by atoms with Crippen LogP contribution in [-0.2, 0) is 22.6 Å². The molecule has 2 aliphatic rings. The quantitative estimate of drug-likeness (QED) is 0.698. The van der Waals surface area contributed by atoms with E-state index in [1.807, 2.05) is 40.1 Å². The van der Waals surface area contributed by atoms with Crippen molar-refractivity contribution in [2.45, 2.75) is 51.6 Å². The summed E-state index contributed by atoms with van der Waals surface area (Å²) in [5, 5.41) is 0. The van der Waals surface area contributed by atoms with Gasteiger partial charge in [-0.25, -0.2) is 0 Å². The van der Waals surface area contributed by atoms with Gasteiger partial charge in [0.25, 0.3) is 0 Å². The fraction of sp³-hybridized carbons (Fsp3) is 0.462. The molecule has 1 saturated heterocycles. The van der Waals surface area contributed by atoms with Crippen molar-refractivity contribution >= 4 is 11.8 Å². The molecule has 0 spiro atoms. The van der Waals surface area contributed by atoms with Crippen molar-refractivity contribution in [1.29, 1.82) is 0 Å². The maximum Gasteiger partial charge on any atom is 0.228 e. The van der Waals surface area contributed by atoms with Crippen LogP contribution in [-0.4, -0.2) is 41.8 Å². The third kappa shape index (κ3) is 4.46. The highest BCUT2D eigenvalue weighted by molar-refractivity contribution is 5.85. The molecule has 0 N–H and O–H groups in total. The molecule has 2 aromatic rings. The maximum absolute atomic E-state index is 13.8. The average molecular weight is 421 g/mol. The number of rotatable bonds is 6. The molecule has 4 rings (SSSR count). The number of piperidine rings is 1. The SMILES string of the molecule is CCCCN1C(=O)CCC(C(=O)N2CCc3ccccc3C2)C1c1ccc(OC)cc1. The van der Waals surface area contributed by atoms with Crippen LogP contribution in [0.3, 0.4) is 0 Å². The first kappa shape index (κ1) is 21.4. The van der Waals surface area contributed by atoms with E-state index in [4.69, 9.17) is 4.74 Å². The predicted molar refractivity (Wildman–Crippen MR) is 121 cm³/mol. The molecule has 0 aromatic heterocycles. The summed E-state index contributed by atoms with van der Waals surface area (Å²) < 4.78 is 5.32. The van der Waals surface area contributed by atoms with Gasteiger partial charge in [0.15, 0.2) is 0 Å². The molecule has 164 valence electrons. The van der Waals surface area contributed by atoms with E-state index in [1.54, 1.807) is 7.11 Å². The summed E-state index contributed by atoms with van der Waals surface area (Å²) in [5.41, 5.74) is 3.58. The molecule has 5 heteroatoms. The van der Waals surface area contributed by atoms with Gasteiger partial charge in [0.05, 0.1) is 19.1 Å². The minimum absolute atomic E-state index is 0.155. The van der Waals surface area contributed by atoms with Crippen LogP contribution in [0.1, 0.15) is 55.3 Å². The lowest BCUT2D eigenvalue weighted by Crippen LogP contribution is -2.50. The van der Waals surface area contributed by atoms with E-state index in [9.17, 15) is 9.59 Å². The minimum atomic E-state index is -0.219. The van der Waals surface area contributed by atoms with Crippen LogP contribution in [0.5, 0.6) is 5.75 Å². The van der Waals surface area contributed by atoms with E-state index in [-0.39, 0.29) is 23.8 Å². The normalized spacial score (nSPS) is 21.0. The van der Waals surface area contributed by atoms with E-state index < -0.39 is 0 Å². The van der Waals surface area contributed by atoms with E-state index in [0.29, 0.717) is 25.9 Å². The highest BCUT2D eigenvalue weighted by atomic mass is 16.5. The van der Waals surface area contributed by atoms with Crippen LogP contribution in [0.15, 0.2) is 48.5 Å². The van der Waals surface area contributed by atoms with Crippen LogP contribution in [0.2, 0.25) is 0 Å². The minimum Gasteiger partial charge on any atom is -0.497 e. The van der Waals surface area contributed by atoms with Gasteiger partial charge in [-0.1, -0.05) is 49.7 Å². The number of hydrogen-bond donors (Lipinski definition) is 0. The predicted octanol–water partition coefficient (Wildman–Crippen LogP) is 4.36.